The Morgan fingerprint density at radius 2 is 1.67 bits per heavy atom. The Morgan fingerprint density at radius 3 is 2.22 bits per heavy atom. The summed E-state index contributed by atoms with van der Waals surface area (Å²) < 4.78 is 61.8. The summed E-state index contributed by atoms with van der Waals surface area (Å²) in [4.78, 5) is 12.6. The molecule has 0 aliphatic rings. The maximum atomic E-state index is 15.4. The van der Waals surface area contributed by atoms with Gasteiger partial charge in [-0.05, 0) is 56.7 Å². The second kappa shape index (κ2) is 7.89. The standard InChI is InChI=1S/C20H19ClF4O2/c1-4-20(25,18(26)12-5-7-13(22)8-6-12)11-19(2,3)27-17-15(23)10-9-14(21)16(17)24/h5-10H,4,11H2,1-3H3. The first-order valence-corrected chi connectivity index (χ1v) is 8.69. The number of rotatable bonds is 7. The van der Waals surface area contributed by atoms with Crippen LogP contribution in [0.2, 0.25) is 5.02 Å². The van der Waals surface area contributed by atoms with E-state index in [9.17, 15) is 18.0 Å². The van der Waals surface area contributed by atoms with E-state index >= 15 is 4.39 Å². The molecule has 0 saturated heterocycles. The predicted molar refractivity (Wildman–Crippen MR) is 95.6 cm³/mol. The van der Waals surface area contributed by atoms with Gasteiger partial charge in [0.05, 0.1) is 5.02 Å². The van der Waals surface area contributed by atoms with Crippen LogP contribution < -0.4 is 4.74 Å². The third-order valence-corrected chi connectivity index (χ3v) is 4.45. The smallest absolute Gasteiger partial charge is 0.200 e. The number of ether oxygens (including phenoxy) is 1. The molecule has 0 aromatic heterocycles. The van der Waals surface area contributed by atoms with E-state index in [2.05, 4.69) is 0 Å². The summed E-state index contributed by atoms with van der Waals surface area (Å²) in [6, 6.07) is 6.46. The van der Waals surface area contributed by atoms with Crippen molar-refractivity contribution in [2.45, 2.75) is 44.9 Å². The molecule has 2 rings (SSSR count). The molecule has 1 unspecified atom stereocenters. The Balaban J connectivity index is 2.29. The average molecular weight is 403 g/mol. The molecule has 146 valence electrons. The van der Waals surface area contributed by atoms with E-state index in [1.807, 2.05) is 0 Å². The van der Waals surface area contributed by atoms with Crippen LogP contribution in [0.5, 0.6) is 5.75 Å². The monoisotopic (exact) mass is 402 g/mol. The molecule has 2 aromatic rings. The zero-order valence-electron chi connectivity index (χ0n) is 15.1. The van der Waals surface area contributed by atoms with Gasteiger partial charge in [0.1, 0.15) is 11.4 Å². The van der Waals surface area contributed by atoms with E-state index in [0.29, 0.717) is 0 Å². The molecule has 0 radical (unpaired) electrons. The van der Waals surface area contributed by atoms with Crippen LogP contribution in [0.4, 0.5) is 17.6 Å². The van der Waals surface area contributed by atoms with Crippen molar-refractivity contribution in [3.63, 3.8) is 0 Å². The Kier molecular flexibility index (Phi) is 6.20. The number of halogens is 5. The minimum absolute atomic E-state index is 0.00309. The van der Waals surface area contributed by atoms with Crippen molar-refractivity contribution < 1.29 is 27.1 Å². The summed E-state index contributed by atoms with van der Waals surface area (Å²) in [5.41, 5.74) is -3.81. The first kappa shape index (κ1) is 21.2. The van der Waals surface area contributed by atoms with Crippen molar-refractivity contribution >= 4 is 17.4 Å². The van der Waals surface area contributed by atoms with Gasteiger partial charge in [-0.3, -0.25) is 4.79 Å². The highest BCUT2D eigenvalue weighted by molar-refractivity contribution is 6.30. The minimum Gasteiger partial charge on any atom is -0.482 e. The molecular weight excluding hydrogens is 384 g/mol. The maximum absolute atomic E-state index is 15.4. The number of hydrogen-bond donors (Lipinski definition) is 0. The van der Waals surface area contributed by atoms with Crippen LogP contribution in [-0.4, -0.2) is 17.1 Å². The summed E-state index contributed by atoms with van der Waals surface area (Å²) in [5, 5.41) is -0.341. The second-order valence-corrected chi connectivity index (χ2v) is 7.27. The van der Waals surface area contributed by atoms with Gasteiger partial charge in [-0.1, -0.05) is 18.5 Å². The van der Waals surface area contributed by atoms with E-state index in [1.165, 1.54) is 32.9 Å². The SMILES string of the molecule is CCC(F)(CC(C)(C)Oc1c(F)ccc(Cl)c1F)C(=O)c1ccc(F)cc1. The molecule has 0 spiro atoms. The van der Waals surface area contributed by atoms with Crippen molar-refractivity contribution in [1.82, 2.24) is 0 Å². The molecular formula is C20H19ClF4O2. The topological polar surface area (TPSA) is 26.3 Å². The van der Waals surface area contributed by atoms with Crippen molar-refractivity contribution in [2.24, 2.45) is 0 Å². The number of Topliss-reactive ketones (excluding diaryl/α,β-unsaturated/α-hetero) is 1. The molecule has 2 nitrogen and oxygen atoms in total. The second-order valence-electron chi connectivity index (χ2n) is 6.87. The first-order chi connectivity index (χ1) is 12.5. The lowest BCUT2D eigenvalue weighted by molar-refractivity contribution is 0.0157. The maximum Gasteiger partial charge on any atom is 0.200 e. The zero-order valence-corrected chi connectivity index (χ0v) is 15.8. The highest BCUT2D eigenvalue weighted by Gasteiger charge is 2.43. The molecule has 0 bridgehead atoms. The minimum atomic E-state index is -2.37. The number of hydrogen-bond acceptors (Lipinski definition) is 2. The van der Waals surface area contributed by atoms with Crippen LogP contribution in [0.1, 0.15) is 44.0 Å². The predicted octanol–water partition coefficient (Wildman–Crippen LogP) is 6.31. The zero-order chi connectivity index (χ0) is 20.4. The largest absolute Gasteiger partial charge is 0.482 e. The molecule has 0 N–H and O–H groups in total. The number of carbonyl (C=O) groups is 1. The lowest BCUT2D eigenvalue weighted by Crippen LogP contribution is -2.43. The normalized spacial score (nSPS) is 13.9. The lowest BCUT2D eigenvalue weighted by Gasteiger charge is -2.33. The Hall–Kier alpha value is -2.08. The average Bonchev–Trinajstić information content (AvgIpc) is 2.61. The Labute approximate surface area is 160 Å². The van der Waals surface area contributed by atoms with Crippen LogP contribution in [0.3, 0.4) is 0 Å². The third-order valence-electron chi connectivity index (χ3n) is 4.16. The van der Waals surface area contributed by atoms with Gasteiger partial charge in [0.25, 0.3) is 0 Å². The van der Waals surface area contributed by atoms with Crippen molar-refractivity contribution in [3.05, 3.63) is 64.4 Å². The third kappa shape index (κ3) is 4.80. The van der Waals surface area contributed by atoms with Gasteiger partial charge < -0.3 is 4.74 Å². The quantitative estimate of drug-likeness (QED) is 0.308. The molecule has 0 amide bonds. The van der Waals surface area contributed by atoms with Gasteiger partial charge in [-0.25, -0.2) is 17.6 Å². The fourth-order valence-electron chi connectivity index (χ4n) is 2.81. The van der Waals surface area contributed by atoms with Crippen LogP contribution in [0.15, 0.2) is 36.4 Å². The van der Waals surface area contributed by atoms with Crippen LogP contribution in [0.25, 0.3) is 0 Å². The fourth-order valence-corrected chi connectivity index (χ4v) is 2.96. The van der Waals surface area contributed by atoms with Gasteiger partial charge in [0.2, 0.25) is 0 Å². The van der Waals surface area contributed by atoms with Crippen LogP contribution >= 0.6 is 11.6 Å². The van der Waals surface area contributed by atoms with E-state index in [4.69, 9.17) is 16.3 Å². The van der Waals surface area contributed by atoms with Gasteiger partial charge in [0, 0.05) is 12.0 Å². The van der Waals surface area contributed by atoms with Crippen molar-refractivity contribution in [1.29, 1.82) is 0 Å². The summed E-state index contributed by atoms with van der Waals surface area (Å²) in [6.07, 6.45) is -0.672. The molecule has 27 heavy (non-hydrogen) atoms. The molecule has 0 aliphatic carbocycles. The van der Waals surface area contributed by atoms with Gasteiger partial charge in [0.15, 0.2) is 28.8 Å². The van der Waals surface area contributed by atoms with Crippen LogP contribution in [-0.2, 0) is 0 Å². The van der Waals surface area contributed by atoms with E-state index in [-0.39, 0.29) is 17.0 Å². The molecule has 0 aliphatic heterocycles. The Morgan fingerprint density at radius 1 is 1.07 bits per heavy atom. The highest BCUT2D eigenvalue weighted by Crippen LogP contribution is 2.36. The molecule has 0 heterocycles. The van der Waals surface area contributed by atoms with Crippen molar-refractivity contribution in [2.75, 3.05) is 0 Å². The molecule has 0 fully saturated rings. The number of ketones is 1. The highest BCUT2D eigenvalue weighted by atomic mass is 35.5. The number of alkyl halides is 1. The van der Waals surface area contributed by atoms with E-state index in [1.54, 1.807) is 0 Å². The van der Waals surface area contributed by atoms with Crippen LogP contribution in [0, 0.1) is 17.5 Å². The lowest BCUT2D eigenvalue weighted by atomic mass is 9.83. The van der Waals surface area contributed by atoms with Gasteiger partial charge in [-0.2, -0.15) is 0 Å². The van der Waals surface area contributed by atoms with E-state index < -0.39 is 46.7 Å². The molecule has 7 heteroatoms. The summed E-state index contributed by atoms with van der Waals surface area (Å²) in [7, 11) is 0. The summed E-state index contributed by atoms with van der Waals surface area (Å²) in [5.74, 6) is -4.23. The van der Waals surface area contributed by atoms with Crippen molar-refractivity contribution in [3.8, 4) is 5.75 Å². The van der Waals surface area contributed by atoms with E-state index in [0.717, 1.165) is 24.3 Å². The summed E-state index contributed by atoms with van der Waals surface area (Å²) >= 11 is 5.64. The number of benzene rings is 2. The molecule has 0 saturated carbocycles. The summed E-state index contributed by atoms with van der Waals surface area (Å²) in [6.45, 7) is 4.29. The molecule has 2 aromatic carbocycles. The number of carbonyl (C=O) groups excluding carboxylic acids is 1. The molecule has 1 atom stereocenters. The van der Waals surface area contributed by atoms with Gasteiger partial charge in [-0.15, -0.1) is 0 Å². The fraction of sp³-hybridized carbons (Fsp3) is 0.350. The van der Waals surface area contributed by atoms with Gasteiger partial charge >= 0.3 is 0 Å². The Bertz CT molecular complexity index is 837. The first-order valence-electron chi connectivity index (χ1n) is 8.31.